The quantitative estimate of drug-likeness (QED) is 0.807. The SMILES string of the molecule is OCc1ccccc1OCCCc1ccccc1F. The first kappa shape index (κ1) is 13.6. The maximum atomic E-state index is 13.4. The third kappa shape index (κ3) is 3.80. The highest BCUT2D eigenvalue weighted by Crippen LogP contribution is 2.18. The first-order chi connectivity index (χ1) is 9.31. The number of hydrogen-bond acceptors (Lipinski definition) is 2. The molecule has 0 radical (unpaired) electrons. The Hall–Kier alpha value is -1.87. The van der Waals surface area contributed by atoms with Crippen LogP contribution in [-0.2, 0) is 13.0 Å². The first-order valence-corrected chi connectivity index (χ1v) is 6.36. The topological polar surface area (TPSA) is 29.5 Å². The summed E-state index contributed by atoms with van der Waals surface area (Å²) in [4.78, 5) is 0. The molecule has 0 spiro atoms. The average Bonchev–Trinajstić information content (AvgIpc) is 2.45. The Balaban J connectivity index is 1.83. The minimum Gasteiger partial charge on any atom is -0.493 e. The molecule has 2 aromatic carbocycles. The van der Waals surface area contributed by atoms with Crippen LogP contribution in [0, 0.1) is 5.82 Å². The van der Waals surface area contributed by atoms with Gasteiger partial charge in [0.05, 0.1) is 13.2 Å². The summed E-state index contributed by atoms with van der Waals surface area (Å²) in [6.45, 7) is 0.467. The normalized spacial score (nSPS) is 10.4. The van der Waals surface area contributed by atoms with E-state index in [2.05, 4.69) is 0 Å². The second-order valence-electron chi connectivity index (χ2n) is 4.31. The highest BCUT2D eigenvalue weighted by molar-refractivity contribution is 5.32. The summed E-state index contributed by atoms with van der Waals surface area (Å²) in [6.07, 6.45) is 1.38. The summed E-state index contributed by atoms with van der Waals surface area (Å²) in [5.74, 6) is 0.525. The molecule has 3 heteroatoms. The maximum absolute atomic E-state index is 13.4. The molecular weight excluding hydrogens is 243 g/mol. The van der Waals surface area contributed by atoms with Gasteiger partial charge in [-0.05, 0) is 30.5 Å². The summed E-state index contributed by atoms with van der Waals surface area (Å²) in [6, 6.07) is 14.2. The number of halogens is 1. The van der Waals surface area contributed by atoms with E-state index in [4.69, 9.17) is 9.84 Å². The monoisotopic (exact) mass is 260 g/mol. The fourth-order valence-corrected chi connectivity index (χ4v) is 1.92. The second kappa shape index (κ2) is 6.90. The van der Waals surface area contributed by atoms with Crippen molar-refractivity contribution in [2.24, 2.45) is 0 Å². The largest absolute Gasteiger partial charge is 0.493 e. The van der Waals surface area contributed by atoms with Crippen LogP contribution in [-0.4, -0.2) is 11.7 Å². The van der Waals surface area contributed by atoms with Crippen molar-refractivity contribution in [2.75, 3.05) is 6.61 Å². The van der Waals surface area contributed by atoms with E-state index in [0.29, 0.717) is 24.3 Å². The van der Waals surface area contributed by atoms with Crippen LogP contribution in [0.1, 0.15) is 17.5 Å². The van der Waals surface area contributed by atoms with E-state index in [1.165, 1.54) is 6.07 Å². The molecule has 0 saturated carbocycles. The van der Waals surface area contributed by atoms with Crippen molar-refractivity contribution >= 4 is 0 Å². The molecule has 0 aliphatic heterocycles. The van der Waals surface area contributed by atoms with Gasteiger partial charge >= 0.3 is 0 Å². The van der Waals surface area contributed by atoms with Gasteiger partial charge < -0.3 is 9.84 Å². The molecule has 0 unspecified atom stereocenters. The number of benzene rings is 2. The van der Waals surface area contributed by atoms with Crippen LogP contribution in [0.3, 0.4) is 0 Å². The fraction of sp³-hybridized carbons (Fsp3) is 0.250. The number of aryl methyl sites for hydroxylation is 1. The first-order valence-electron chi connectivity index (χ1n) is 6.36. The van der Waals surface area contributed by atoms with Crippen molar-refractivity contribution in [1.82, 2.24) is 0 Å². The van der Waals surface area contributed by atoms with Gasteiger partial charge in [-0.15, -0.1) is 0 Å². The molecule has 1 N–H and O–H groups in total. The predicted octanol–water partition coefficient (Wildman–Crippen LogP) is 3.33. The molecule has 100 valence electrons. The minimum absolute atomic E-state index is 0.0382. The average molecular weight is 260 g/mol. The molecular formula is C16H17FO2. The third-order valence-electron chi connectivity index (χ3n) is 2.95. The molecule has 0 bridgehead atoms. The third-order valence-corrected chi connectivity index (χ3v) is 2.95. The minimum atomic E-state index is -0.168. The van der Waals surface area contributed by atoms with Crippen LogP contribution in [0.25, 0.3) is 0 Å². The van der Waals surface area contributed by atoms with E-state index in [9.17, 15) is 4.39 Å². The molecule has 2 aromatic rings. The maximum Gasteiger partial charge on any atom is 0.126 e. The van der Waals surface area contributed by atoms with Gasteiger partial charge in [-0.25, -0.2) is 4.39 Å². The lowest BCUT2D eigenvalue weighted by Gasteiger charge is -2.10. The molecule has 0 aliphatic carbocycles. The zero-order valence-electron chi connectivity index (χ0n) is 10.7. The second-order valence-corrected chi connectivity index (χ2v) is 4.31. The van der Waals surface area contributed by atoms with E-state index in [1.807, 2.05) is 30.3 Å². The molecule has 2 rings (SSSR count). The summed E-state index contributed by atoms with van der Waals surface area (Å²) in [5, 5.41) is 9.16. The molecule has 0 amide bonds. The van der Waals surface area contributed by atoms with Gasteiger partial charge in [-0.2, -0.15) is 0 Å². The molecule has 0 aromatic heterocycles. The van der Waals surface area contributed by atoms with Crippen LogP contribution in [0.4, 0.5) is 4.39 Å². The van der Waals surface area contributed by atoms with Crippen molar-refractivity contribution in [3.8, 4) is 5.75 Å². The Labute approximate surface area is 112 Å². The predicted molar refractivity (Wildman–Crippen MR) is 72.6 cm³/mol. The van der Waals surface area contributed by atoms with Crippen molar-refractivity contribution in [2.45, 2.75) is 19.4 Å². The highest BCUT2D eigenvalue weighted by atomic mass is 19.1. The molecule has 19 heavy (non-hydrogen) atoms. The van der Waals surface area contributed by atoms with E-state index in [-0.39, 0.29) is 12.4 Å². The van der Waals surface area contributed by atoms with Gasteiger partial charge in [0.25, 0.3) is 0 Å². The zero-order valence-corrected chi connectivity index (χ0v) is 10.7. The molecule has 0 fully saturated rings. The Kier molecular flexibility index (Phi) is 4.93. The number of aliphatic hydroxyl groups excluding tert-OH is 1. The molecule has 0 heterocycles. The van der Waals surface area contributed by atoms with Crippen LogP contribution in [0.2, 0.25) is 0 Å². The zero-order chi connectivity index (χ0) is 13.5. The van der Waals surface area contributed by atoms with E-state index >= 15 is 0 Å². The standard InChI is InChI=1S/C16H17FO2/c17-15-9-3-1-6-13(15)8-5-11-19-16-10-4-2-7-14(16)12-18/h1-4,6-7,9-10,18H,5,8,11-12H2. The van der Waals surface area contributed by atoms with E-state index in [0.717, 1.165) is 12.0 Å². The lowest BCUT2D eigenvalue weighted by atomic mass is 10.1. The number of ether oxygens (including phenoxy) is 1. The smallest absolute Gasteiger partial charge is 0.126 e. The number of para-hydroxylation sites is 1. The Bertz CT molecular complexity index is 526. The lowest BCUT2D eigenvalue weighted by Crippen LogP contribution is -2.02. The van der Waals surface area contributed by atoms with Crippen LogP contribution in [0.15, 0.2) is 48.5 Å². The molecule has 0 saturated heterocycles. The number of rotatable bonds is 6. The number of aliphatic hydroxyl groups is 1. The van der Waals surface area contributed by atoms with Gasteiger partial charge in [-0.3, -0.25) is 0 Å². The van der Waals surface area contributed by atoms with Gasteiger partial charge in [0.1, 0.15) is 11.6 Å². The van der Waals surface area contributed by atoms with E-state index in [1.54, 1.807) is 12.1 Å². The van der Waals surface area contributed by atoms with Crippen molar-refractivity contribution in [1.29, 1.82) is 0 Å². The van der Waals surface area contributed by atoms with Crippen LogP contribution < -0.4 is 4.74 Å². The van der Waals surface area contributed by atoms with Crippen LogP contribution in [0.5, 0.6) is 5.75 Å². The molecule has 2 nitrogen and oxygen atoms in total. The summed E-state index contributed by atoms with van der Waals surface area (Å²) in [5.41, 5.74) is 1.48. The highest BCUT2D eigenvalue weighted by Gasteiger charge is 2.03. The van der Waals surface area contributed by atoms with Crippen molar-refractivity contribution in [3.05, 3.63) is 65.5 Å². The van der Waals surface area contributed by atoms with Gasteiger partial charge in [-0.1, -0.05) is 36.4 Å². The Morgan fingerprint density at radius 2 is 1.63 bits per heavy atom. The summed E-state index contributed by atoms with van der Waals surface area (Å²) in [7, 11) is 0. The summed E-state index contributed by atoms with van der Waals surface area (Å²) < 4.78 is 19.0. The Morgan fingerprint density at radius 1 is 0.947 bits per heavy atom. The van der Waals surface area contributed by atoms with E-state index < -0.39 is 0 Å². The fourth-order valence-electron chi connectivity index (χ4n) is 1.92. The number of hydrogen-bond donors (Lipinski definition) is 1. The Morgan fingerprint density at radius 3 is 2.37 bits per heavy atom. The molecule has 0 aliphatic rings. The van der Waals surface area contributed by atoms with Crippen molar-refractivity contribution < 1.29 is 14.2 Å². The summed E-state index contributed by atoms with van der Waals surface area (Å²) >= 11 is 0. The van der Waals surface area contributed by atoms with Crippen LogP contribution >= 0.6 is 0 Å². The van der Waals surface area contributed by atoms with Crippen molar-refractivity contribution in [3.63, 3.8) is 0 Å². The van der Waals surface area contributed by atoms with Gasteiger partial charge in [0, 0.05) is 5.56 Å². The van der Waals surface area contributed by atoms with Gasteiger partial charge in [0.2, 0.25) is 0 Å². The molecule has 0 atom stereocenters. The lowest BCUT2D eigenvalue weighted by molar-refractivity contribution is 0.261. The van der Waals surface area contributed by atoms with Gasteiger partial charge in [0.15, 0.2) is 0 Å².